The number of hydrogen-bond acceptors (Lipinski definition) is 5. The van der Waals surface area contributed by atoms with Crippen LogP contribution < -0.4 is 4.80 Å². The molecule has 0 saturated heterocycles. The quantitative estimate of drug-likeness (QED) is 0.322. The van der Waals surface area contributed by atoms with Gasteiger partial charge in [0.05, 0.1) is 11.9 Å². The molecule has 0 aliphatic carbocycles. The monoisotopic (exact) mass is 430 g/mol. The van der Waals surface area contributed by atoms with E-state index >= 15 is 0 Å². The van der Waals surface area contributed by atoms with Gasteiger partial charge in [-0.25, -0.2) is 9.67 Å². The van der Waals surface area contributed by atoms with Crippen molar-refractivity contribution in [3.63, 3.8) is 0 Å². The Morgan fingerprint density at radius 3 is 2.60 bits per heavy atom. The summed E-state index contributed by atoms with van der Waals surface area (Å²) in [5, 5.41) is 8.40. The molecule has 7 heteroatoms. The number of benzene rings is 2. The molecule has 5 nitrogen and oxygen atoms in total. The molecule has 0 spiro atoms. The zero-order valence-corrected chi connectivity index (χ0v) is 17.2. The molecule has 2 aromatic carbocycles. The van der Waals surface area contributed by atoms with E-state index in [1.807, 2.05) is 72.1 Å². The van der Waals surface area contributed by atoms with Crippen LogP contribution in [0.25, 0.3) is 22.4 Å². The predicted molar refractivity (Wildman–Crippen MR) is 121 cm³/mol. The molecule has 0 atom stereocenters. The minimum absolute atomic E-state index is 0.673. The van der Waals surface area contributed by atoms with Gasteiger partial charge < -0.3 is 4.42 Å². The maximum absolute atomic E-state index is 6.07. The first-order chi connectivity index (χ1) is 14.8. The van der Waals surface area contributed by atoms with Gasteiger partial charge in [0.1, 0.15) is 11.3 Å². The molecule has 0 radical (unpaired) electrons. The Morgan fingerprint density at radius 1 is 1.00 bits per heavy atom. The fourth-order valence-corrected chi connectivity index (χ4v) is 3.93. The van der Waals surface area contributed by atoms with Crippen LogP contribution >= 0.6 is 22.9 Å². The van der Waals surface area contributed by atoms with Crippen LogP contribution in [-0.2, 0) is 0 Å². The van der Waals surface area contributed by atoms with Crippen LogP contribution in [0.2, 0.25) is 5.02 Å². The zero-order chi connectivity index (χ0) is 20.3. The number of furan rings is 1. The molecular formula is C23H15ClN4OS. The molecule has 3 aromatic heterocycles. The summed E-state index contributed by atoms with van der Waals surface area (Å²) in [5.41, 5.74) is 3.40. The number of aromatic nitrogens is 2. The third-order valence-electron chi connectivity index (χ3n) is 4.44. The van der Waals surface area contributed by atoms with Crippen molar-refractivity contribution in [2.24, 2.45) is 10.1 Å². The Labute approximate surface area is 181 Å². The lowest BCUT2D eigenvalue weighted by molar-refractivity contribution is 0.622. The van der Waals surface area contributed by atoms with Gasteiger partial charge in [-0.15, -0.1) is 11.3 Å². The Bertz CT molecular complexity index is 1370. The van der Waals surface area contributed by atoms with E-state index in [1.165, 1.54) is 11.3 Å². The van der Waals surface area contributed by atoms with E-state index in [0.717, 1.165) is 38.5 Å². The van der Waals surface area contributed by atoms with Crippen molar-refractivity contribution in [3.8, 4) is 11.5 Å². The van der Waals surface area contributed by atoms with Gasteiger partial charge in [0.2, 0.25) is 4.80 Å². The Balaban J connectivity index is 1.65. The van der Waals surface area contributed by atoms with Crippen molar-refractivity contribution in [1.82, 2.24) is 9.66 Å². The Hall–Kier alpha value is -3.48. The van der Waals surface area contributed by atoms with E-state index in [0.29, 0.717) is 5.02 Å². The SMILES string of the molecule is Clc1ccc(N=c2scc(-c3cc4ccccc4o3)n2N=Cc2ccncc2)cc1. The lowest BCUT2D eigenvalue weighted by Gasteiger charge is -2.01. The second-order valence-corrected chi connectivity index (χ2v) is 7.75. The van der Waals surface area contributed by atoms with E-state index in [9.17, 15) is 0 Å². The van der Waals surface area contributed by atoms with Crippen molar-refractivity contribution in [3.05, 3.63) is 99.9 Å². The highest BCUT2D eigenvalue weighted by Gasteiger charge is 2.13. The second kappa shape index (κ2) is 8.10. The highest BCUT2D eigenvalue weighted by Crippen LogP contribution is 2.28. The molecule has 0 unspecified atom stereocenters. The molecule has 0 fully saturated rings. The number of rotatable bonds is 4. The summed E-state index contributed by atoms with van der Waals surface area (Å²) < 4.78 is 7.86. The van der Waals surface area contributed by atoms with Gasteiger partial charge in [0.25, 0.3) is 0 Å². The maximum atomic E-state index is 6.07. The number of pyridine rings is 1. The van der Waals surface area contributed by atoms with Crippen LogP contribution in [0.5, 0.6) is 0 Å². The number of thiazole rings is 1. The standard InChI is InChI=1S/C23H15ClN4OS/c24-18-5-7-19(8-6-18)27-23-28(26-14-16-9-11-25-12-10-16)20(15-30-23)22-13-17-3-1-2-4-21(17)29-22/h1-15H. The smallest absolute Gasteiger partial charge is 0.211 e. The number of fused-ring (bicyclic) bond motifs is 1. The average Bonchev–Trinajstić information content (AvgIpc) is 3.38. The van der Waals surface area contributed by atoms with Crippen LogP contribution in [0.3, 0.4) is 0 Å². The Kier molecular flexibility index (Phi) is 5.01. The summed E-state index contributed by atoms with van der Waals surface area (Å²) in [6, 6.07) is 21.1. The first-order valence-corrected chi connectivity index (χ1v) is 10.5. The molecule has 30 heavy (non-hydrogen) atoms. The molecule has 0 saturated carbocycles. The lowest BCUT2D eigenvalue weighted by Crippen LogP contribution is -2.11. The van der Waals surface area contributed by atoms with Gasteiger partial charge in [-0.05, 0) is 54.1 Å². The van der Waals surface area contributed by atoms with Crippen molar-refractivity contribution >= 4 is 45.8 Å². The number of hydrogen-bond donors (Lipinski definition) is 0. The molecule has 5 rings (SSSR count). The summed E-state index contributed by atoms with van der Waals surface area (Å²) >= 11 is 7.49. The topological polar surface area (TPSA) is 55.7 Å². The van der Waals surface area contributed by atoms with Gasteiger partial charge in [-0.1, -0.05) is 29.8 Å². The Morgan fingerprint density at radius 2 is 1.80 bits per heavy atom. The molecule has 3 heterocycles. The fourth-order valence-electron chi connectivity index (χ4n) is 2.97. The summed E-state index contributed by atoms with van der Waals surface area (Å²) in [5.74, 6) is 0.733. The first-order valence-electron chi connectivity index (χ1n) is 9.20. The van der Waals surface area contributed by atoms with Crippen LogP contribution in [0, 0.1) is 0 Å². The number of halogens is 1. The minimum atomic E-state index is 0.673. The summed E-state index contributed by atoms with van der Waals surface area (Å²) in [6.45, 7) is 0. The largest absolute Gasteiger partial charge is 0.454 e. The molecule has 146 valence electrons. The molecule has 0 aliphatic heterocycles. The van der Waals surface area contributed by atoms with Gasteiger partial charge in [-0.3, -0.25) is 4.98 Å². The molecule has 5 aromatic rings. The van der Waals surface area contributed by atoms with E-state index < -0.39 is 0 Å². The van der Waals surface area contributed by atoms with Crippen molar-refractivity contribution < 1.29 is 4.42 Å². The van der Waals surface area contributed by atoms with Gasteiger partial charge in [0, 0.05) is 28.2 Å². The van der Waals surface area contributed by atoms with Crippen LogP contribution in [0.15, 0.2) is 99.0 Å². The van der Waals surface area contributed by atoms with Crippen LogP contribution in [0.4, 0.5) is 5.69 Å². The maximum Gasteiger partial charge on any atom is 0.211 e. The van der Waals surface area contributed by atoms with E-state index in [1.54, 1.807) is 23.3 Å². The van der Waals surface area contributed by atoms with Crippen LogP contribution in [0.1, 0.15) is 5.56 Å². The number of nitrogens with zero attached hydrogens (tertiary/aromatic N) is 4. The van der Waals surface area contributed by atoms with Crippen LogP contribution in [-0.4, -0.2) is 15.9 Å². The van der Waals surface area contributed by atoms with E-state index in [-0.39, 0.29) is 0 Å². The lowest BCUT2D eigenvalue weighted by atomic mass is 10.2. The minimum Gasteiger partial charge on any atom is -0.454 e. The van der Waals surface area contributed by atoms with Gasteiger partial charge in [0.15, 0.2) is 5.76 Å². The van der Waals surface area contributed by atoms with Crippen molar-refractivity contribution in [1.29, 1.82) is 0 Å². The van der Waals surface area contributed by atoms with E-state index in [2.05, 4.69) is 4.98 Å². The summed E-state index contributed by atoms with van der Waals surface area (Å²) in [7, 11) is 0. The molecular weight excluding hydrogens is 416 g/mol. The predicted octanol–water partition coefficient (Wildman–Crippen LogP) is 6.13. The number of para-hydroxylation sites is 1. The summed E-state index contributed by atoms with van der Waals surface area (Å²) in [6.07, 6.45) is 5.25. The second-order valence-electron chi connectivity index (χ2n) is 6.48. The highest BCUT2D eigenvalue weighted by molar-refractivity contribution is 7.07. The first kappa shape index (κ1) is 18.5. The summed E-state index contributed by atoms with van der Waals surface area (Å²) in [4.78, 5) is 9.52. The van der Waals surface area contributed by atoms with Crippen molar-refractivity contribution in [2.75, 3.05) is 0 Å². The zero-order valence-electron chi connectivity index (χ0n) is 15.6. The van der Waals surface area contributed by atoms with Crippen molar-refractivity contribution in [2.45, 2.75) is 0 Å². The third kappa shape index (κ3) is 3.83. The normalized spacial score (nSPS) is 12.2. The molecule has 0 N–H and O–H groups in total. The molecule has 0 bridgehead atoms. The van der Waals surface area contributed by atoms with Gasteiger partial charge in [-0.2, -0.15) is 5.10 Å². The van der Waals surface area contributed by atoms with E-state index in [4.69, 9.17) is 26.1 Å². The fraction of sp³-hybridized carbons (Fsp3) is 0. The third-order valence-corrected chi connectivity index (χ3v) is 5.51. The molecule has 0 amide bonds. The van der Waals surface area contributed by atoms with Gasteiger partial charge >= 0.3 is 0 Å². The average molecular weight is 431 g/mol. The highest BCUT2D eigenvalue weighted by atomic mass is 35.5. The molecule has 0 aliphatic rings.